The van der Waals surface area contributed by atoms with Crippen molar-refractivity contribution in [2.45, 2.75) is 39.5 Å². The van der Waals surface area contributed by atoms with Crippen LogP contribution in [0.25, 0.3) is 22.2 Å². The van der Waals surface area contributed by atoms with Gasteiger partial charge in [-0.05, 0) is 89.8 Å². The molecule has 0 saturated heterocycles. The molecule has 0 atom stereocenters. The van der Waals surface area contributed by atoms with Crippen LogP contribution >= 0.6 is 11.6 Å². The predicted octanol–water partition coefficient (Wildman–Crippen LogP) is 8.50. The molecule has 3 heterocycles. The molecule has 2 aliphatic rings. The van der Waals surface area contributed by atoms with E-state index in [1.165, 1.54) is 30.2 Å². The second-order valence-corrected chi connectivity index (χ2v) is 12.6. The zero-order valence-electron chi connectivity index (χ0n) is 24.5. The van der Waals surface area contributed by atoms with Gasteiger partial charge >= 0.3 is 5.97 Å². The summed E-state index contributed by atoms with van der Waals surface area (Å²) >= 11 is 6.20. The molecular formula is C35H37ClN4O2. The van der Waals surface area contributed by atoms with Crippen LogP contribution in [0.4, 0.5) is 11.4 Å². The van der Waals surface area contributed by atoms with Crippen LogP contribution in [0.1, 0.15) is 61.0 Å². The lowest BCUT2D eigenvalue weighted by Gasteiger charge is -2.36. The molecule has 0 bridgehead atoms. The van der Waals surface area contributed by atoms with E-state index in [1.807, 2.05) is 42.6 Å². The number of anilines is 2. The molecule has 0 amide bonds. The number of ether oxygens (including phenoxy) is 1. The number of esters is 1. The highest BCUT2D eigenvalue weighted by molar-refractivity contribution is 6.30. The van der Waals surface area contributed by atoms with Gasteiger partial charge in [0, 0.05) is 36.2 Å². The van der Waals surface area contributed by atoms with Crippen molar-refractivity contribution in [2.75, 3.05) is 32.1 Å². The van der Waals surface area contributed by atoms with Crippen molar-refractivity contribution < 1.29 is 9.53 Å². The molecule has 2 aromatic heterocycles. The van der Waals surface area contributed by atoms with E-state index >= 15 is 0 Å². The first-order valence-corrected chi connectivity index (χ1v) is 15.0. The van der Waals surface area contributed by atoms with Gasteiger partial charge in [-0.15, -0.1) is 0 Å². The van der Waals surface area contributed by atoms with E-state index < -0.39 is 0 Å². The number of carbonyl (C=O) groups is 1. The van der Waals surface area contributed by atoms with Gasteiger partial charge in [0.1, 0.15) is 5.65 Å². The number of fused-ring (bicyclic) bond motifs is 1. The van der Waals surface area contributed by atoms with E-state index in [0.717, 1.165) is 66.2 Å². The van der Waals surface area contributed by atoms with Crippen molar-refractivity contribution in [3.63, 3.8) is 0 Å². The number of nitrogens with one attached hydrogen (secondary N) is 2. The Morgan fingerprint density at radius 3 is 2.67 bits per heavy atom. The van der Waals surface area contributed by atoms with E-state index in [-0.39, 0.29) is 5.97 Å². The number of nitrogens with zero attached hydrogens (tertiary/aromatic N) is 2. The predicted molar refractivity (Wildman–Crippen MR) is 172 cm³/mol. The number of pyridine rings is 1. The Bertz CT molecular complexity index is 1680. The van der Waals surface area contributed by atoms with E-state index in [1.54, 1.807) is 11.8 Å². The zero-order valence-corrected chi connectivity index (χ0v) is 25.2. The molecule has 4 aromatic rings. The summed E-state index contributed by atoms with van der Waals surface area (Å²) in [5.74, 6) is -0.371. The van der Waals surface area contributed by atoms with Crippen LogP contribution < -0.4 is 5.32 Å². The SMILES string of the molecule is COC(=O)c1ccc(C2=CCN(CC3=C(c4ccc(Cl)cc4)CC(C)(C)CC3)CC2)cc1Nc1cnc2[nH]ccc2c1. The van der Waals surface area contributed by atoms with Crippen molar-refractivity contribution in [3.8, 4) is 0 Å². The molecule has 1 aliphatic carbocycles. The fourth-order valence-corrected chi connectivity index (χ4v) is 6.28. The summed E-state index contributed by atoms with van der Waals surface area (Å²) in [6.45, 7) is 7.62. The Balaban J connectivity index is 1.22. The normalized spacial score (nSPS) is 17.3. The summed E-state index contributed by atoms with van der Waals surface area (Å²) in [7, 11) is 1.41. The van der Waals surface area contributed by atoms with Crippen LogP contribution in [0.15, 0.2) is 78.6 Å². The third-order valence-corrected chi connectivity index (χ3v) is 8.81. The van der Waals surface area contributed by atoms with Crippen molar-refractivity contribution in [2.24, 2.45) is 5.41 Å². The van der Waals surface area contributed by atoms with Gasteiger partial charge in [-0.1, -0.05) is 55.3 Å². The van der Waals surface area contributed by atoms with Gasteiger partial charge in [0.25, 0.3) is 0 Å². The van der Waals surface area contributed by atoms with Crippen LogP contribution in [0.2, 0.25) is 5.02 Å². The first kappa shape index (κ1) is 28.3. The topological polar surface area (TPSA) is 70.2 Å². The highest BCUT2D eigenvalue weighted by atomic mass is 35.5. The molecule has 0 fully saturated rings. The fraction of sp³-hybridized carbons (Fsp3) is 0.314. The maximum atomic E-state index is 12.6. The first-order chi connectivity index (χ1) is 20.3. The van der Waals surface area contributed by atoms with Gasteiger partial charge in [-0.2, -0.15) is 0 Å². The molecule has 6 rings (SSSR count). The Labute approximate surface area is 252 Å². The van der Waals surface area contributed by atoms with E-state index in [2.05, 4.69) is 58.3 Å². The Hall–Kier alpha value is -3.87. The summed E-state index contributed by atoms with van der Waals surface area (Å²) in [5, 5.41) is 5.19. The molecule has 42 heavy (non-hydrogen) atoms. The minimum atomic E-state index is -0.371. The third kappa shape index (κ3) is 6.15. The molecule has 2 aromatic carbocycles. The number of rotatable bonds is 7. The lowest BCUT2D eigenvalue weighted by Crippen LogP contribution is -2.32. The number of hydrogen-bond acceptors (Lipinski definition) is 5. The van der Waals surface area contributed by atoms with Gasteiger partial charge in [0.2, 0.25) is 0 Å². The molecule has 7 heteroatoms. The third-order valence-electron chi connectivity index (χ3n) is 8.56. The quantitative estimate of drug-likeness (QED) is 0.214. The number of carbonyl (C=O) groups excluding carboxylic acids is 1. The Morgan fingerprint density at radius 1 is 1.10 bits per heavy atom. The summed E-state index contributed by atoms with van der Waals surface area (Å²) in [6.07, 6.45) is 10.4. The van der Waals surface area contributed by atoms with Gasteiger partial charge in [-0.25, -0.2) is 9.78 Å². The van der Waals surface area contributed by atoms with E-state index in [9.17, 15) is 4.79 Å². The van der Waals surface area contributed by atoms with Crippen LogP contribution in [0, 0.1) is 5.41 Å². The highest BCUT2D eigenvalue weighted by Gasteiger charge is 2.29. The average molecular weight is 581 g/mol. The number of aromatic nitrogens is 2. The maximum absolute atomic E-state index is 12.6. The largest absolute Gasteiger partial charge is 0.465 e. The fourth-order valence-electron chi connectivity index (χ4n) is 6.15. The molecule has 2 N–H and O–H groups in total. The standard InChI is InChI=1S/C35H37ClN4O2/c1-35(2)14-10-27(31(20-35)24-4-7-28(36)8-5-24)22-40-16-12-23(13-17-40)25-6-9-30(34(41)42-3)32(19-25)39-29-18-26-11-15-37-33(26)38-21-29/h4-9,11-12,15,18-19,21,39H,10,13-14,16-17,20,22H2,1-3H3,(H,37,38). The maximum Gasteiger partial charge on any atom is 0.339 e. The number of H-pyrrole nitrogens is 1. The van der Waals surface area contributed by atoms with Crippen molar-refractivity contribution in [1.29, 1.82) is 0 Å². The molecule has 0 unspecified atom stereocenters. The average Bonchev–Trinajstić information content (AvgIpc) is 3.46. The number of halogens is 1. The lowest BCUT2D eigenvalue weighted by atomic mass is 9.72. The van der Waals surface area contributed by atoms with Gasteiger partial charge in [0.15, 0.2) is 0 Å². The summed E-state index contributed by atoms with van der Waals surface area (Å²) in [4.78, 5) is 22.7. The van der Waals surface area contributed by atoms with Crippen LogP contribution in [-0.2, 0) is 4.74 Å². The molecule has 0 radical (unpaired) electrons. The summed E-state index contributed by atoms with van der Waals surface area (Å²) in [5.41, 5.74) is 9.89. The molecule has 1 aliphatic heterocycles. The van der Waals surface area contributed by atoms with Crippen LogP contribution in [0.3, 0.4) is 0 Å². The molecule has 6 nitrogen and oxygen atoms in total. The Morgan fingerprint density at radius 2 is 1.90 bits per heavy atom. The van der Waals surface area contributed by atoms with Crippen molar-refractivity contribution >= 4 is 51.1 Å². The second kappa shape index (κ2) is 11.8. The minimum absolute atomic E-state index is 0.305. The van der Waals surface area contributed by atoms with Crippen molar-refractivity contribution in [3.05, 3.63) is 100 Å². The molecule has 216 valence electrons. The smallest absolute Gasteiger partial charge is 0.339 e. The highest BCUT2D eigenvalue weighted by Crippen LogP contribution is 2.43. The van der Waals surface area contributed by atoms with Crippen LogP contribution in [-0.4, -0.2) is 47.6 Å². The number of benzene rings is 2. The molecule has 0 saturated carbocycles. The lowest BCUT2D eigenvalue weighted by molar-refractivity contribution is 0.0602. The van der Waals surface area contributed by atoms with Gasteiger partial charge in [-0.3, -0.25) is 4.90 Å². The van der Waals surface area contributed by atoms with E-state index in [0.29, 0.717) is 16.7 Å². The minimum Gasteiger partial charge on any atom is -0.465 e. The van der Waals surface area contributed by atoms with Gasteiger partial charge < -0.3 is 15.0 Å². The number of aromatic amines is 1. The van der Waals surface area contributed by atoms with Crippen LogP contribution in [0.5, 0.6) is 0 Å². The molecule has 0 spiro atoms. The summed E-state index contributed by atoms with van der Waals surface area (Å²) < 4.78 is 5.07. The molecular weight excluding hydrogens is 544 g/mol. The summed E-state index contributed by atoms with van der Waals surface area (Å²) in [6, 6.07) is 18.3. The monoisotopic (exact) mass is 580 g/mol. The number of allylic oxidation sites excluding steroid dienone is 1. The number of hydrogen-bond donors (Lipinski definition) is 2. The number of methoxy groups -OCH3 is 1. The van der Waals surface area contributed by atoms with Crippen molar-refractivity contribution in [1.82, 2.24) is 14.9 Å². The van der Waals surface area contributed by atoms with Gasteiger partial charge in [0.05, 0.1) is 30.2 Å². The first-order valence-electron chi connectivity index (χ1n) is 14.6. The van der Waals surface area contributed by atoms with E-state index in [4.69, 9.17) is 16.3 Å². The second-order valence-electron chi connectivity index (χ2n) is 12.2. The Kier molecular flexibility index (Phi) is 7.93. The zero-order chi connectivity index (χ0) is 29.3.